The number of azide groups is 1. The van der Waals surface area contributed by atoms with Gasteiger partial charge in [-0.3, -0.25) is 0 Å². The van der Waals surface area contributed by atoms with Gasteiger partial charge in [-0.05, 0) is 5.53 Å². The van der Waals surface area contributed by atoms with Crippen molar-refractivity contribution < 1.29 is 47.5 Å². The summed E-state index contributed by atoms with van der Waals surface area (Å²) < 4.78 is 64.4. The van der Waals surface area contributed by atoms with E-state index >= 15 is 0 Å². The highest BCUT2D eigenvalue weighted by atomic mass is 19.2. The van der Waals surface area contributed by atoms with E-state index in [1.54, 1.807) is 0 Å². The molecule has 4 N–H and O–H groups in total. The highest BCUT2D eigenvalue weighted by Crippen LogP contribution is 2.36. The molecule has 138 valence electrons. The van der Waals surface area contributed by atoms with E-state index in [0.29, 0.717) is 0 Å². The average molecular weight is 369 g/mol. The van der Waals surface area contributed by atoms with E-state index < -0.39 is 72.0 Å². The molecule has 1 saturated heterocycles. The second kappa shape index (κ2) is 7.39. The standard InChI is InChI=1S/C12H11F4N3O6/c13-3-5(15)11(6(16)4(14)7(3)18-19-17)25-12-10(23)9(22)8(21)2(1-20)24-12/h2,8-10,12,20-23H,1H2/t2-,8-,9+,10+,12-/m1/s1. The van der Waals surface area contributed by atoms with E-state index in [9.17, 15) is 32.9 Å². The Morgan fingerprint density at radius 1 is 1.00 bits per heavy atom. The minimum absolute atomic E-state index is 0.867. The summed E-state index contributed by atoms with van der Waals surface area (Å²) in [7, 11) is 0. The summed E-state index contributed by atoms with van der Waals surface area (Å²) in [5.74, 6) is -9.94. The number of rotatable bonds is 4. The quantitative estimate of drug-likeness (QED) is 0.198. The summed E-state index contributed by atoms with van der Waals surface area (Å²) >= 11 is 0. The van der Waals surface area contributed by atoms with Crippen molar-refractivity contribution in [2.45, 2.75) is 30.7 Å². The molecule has 2 rings (SSSR count). The number of ether oxygens (including phenoxy) is 2. The fourth-order valence-corrected chi connectivity index (χ4v) is 2.12. The van der Waals surface area contributed by atoms with Gasteiger partial charge in [-0.1, -0.05) is 5.11 Å². The summed E-state index contributed by atoms with van der Waals surface area (Å²) in [5.41, 5.74) is 6.58. The summed E-state index contributed by atoms with van der Waals surface area (Å²) in [4.78, 5) is 2.02. The van der Waals surface area contributed by atoms with E-state index in [1.807, 2.05) is 4.91 Å². The number of hydrogen-bond donors (Lipinski definition) is 4. The third-order valence-electron chi connectivity index (χ3n) is 3.43. The van der Waals surface area contributed by atoms with Crippen LogP contribution in [0.3, 0.4) is 0 Å². The first-order valence-electron chi connectivity index (χ1n) is 6.62. The minimum atomic E-state index is -2.08. The summed E-state index contributed by atoms with van der Waals surface area (Å²) in [6, 6.07) is 0. The molecular formula is C12H11F4N3O6. The maximum Gasteiger partial charge on any atom is 0.229 e. The smallest absolute Gasteiger partial charge is 0.229 e. The molecule has 0 aromatic heterocycles. The highest BCUT2D eigenvalue weighted by molar-refractivity contribution is 5.47. The molecule has 0 spiro atoms. The Hall–Kier alpha value is -2.15. The van der Waals surface area contributed by atoms with Crippen LogP contribution in [0.15, 0.2) is 5.11 Å². The van der Waals surface area contributed by atoms with Crippen molar-refractivity contribution in [2.24, 2.45) is 5.11 Å². The van der Waals surface area contributed by atoms with Crippen LogP contribution in [0.4, 0.5) is 23.2 Å². The number of halogens is 4. The van der Waals surface area contributed by atoms with Gasteiger partial charge in [0.2, 0.25) is 17.9 Å². The van der Waals surface area contributed by atoms with Crippen molar-refractivity contribution in [1.29, 1.82) is 0 Å². The van der Waals surface area contributed by atoms with Crippen molar-refractivity contribution in [3.8, 4) is 5.75 Å². The molecule has 1 aliphatic rings. The first kappa shape index (κ1) is 19.2. The predicted molar refractivity (Wildman–Crippen MR) is 69.5 cm³/mol. The lowest BCUT2D eigenvalue weighted by Crippen LogP contribution is -2.60. The van der Waals surface area contributed by atoms with Gasteiger partial charge in [-0.15, -0.1) is 0 Å². The molecule has 0 amide bonds. The van der Waals surface area contributed by atoms with Gasteiger partial charge in [0.15, 0.2) is 17.4 Å². The van der Waals surface area contributed by atoms with E-state index in [1.165, 1.54) is 0 Å². The molecule has 0 bridgehead atoms. The van der Waals surface area contributed by atoms with Crippen LogP contribution in [0, 0.1) is 23.3 Å². The Morgan fingerprint density at radius 2 is 1.56 bits per heavy atom. The Kier molecular flexibility index (Phi) is 5.67. The number of nitrogens with zero attached hydrogens (tertiary/aromatic N) is 3. The molecule has 9 nitrogen and oxygen atoms in total. The molecule has 0 radical (unpaired) electrons. The van der Waals surface area contributed by atoms with E-state index in [4.69, 9.17) is 15.4 Å². The van der Waals surface area contributed by atoms with Crippen LogP contribution >= 0.6 is 0 Å². The molecule has 1 aromatic rings. The molecule has 1 heterocycles. The van der Waals surface area contributed by atoms with Crippen molar-refractivity contribution in [1.82, 2.24) is 0 Å². The van der Waals surface area contributed by atoms with Crippen molar-refractivity contribution in [2.75, 3.05) is 6.61 Å². The van der Waals surface area contributed by atoms with Gasteiger partial charge < -0.3 is 29.9 Å². The number of hydrogen-bond acceptors (Lipinski definition) is 7. The van der Waals surface area contributed by atoms with Crippen molar-refractivity contribution in [3.05, 3.63) is 33.7 Å². The van der Waals surface area contributed by atoms with Crippen LogP contribution in [-0.2, 0) is 4.74 Å². The van der Waals surface area contributed by atoms with Gasteiger partial charge >= 0.3 is 0 Å². The van der Waals surface area contributed by atoms with Crippen molar-refractivity contribution >= 4 is 5.69 Å². The second-order valence-corrected chi connectivity index (χ2v) is 4.94. The molecule has 5 atom stereocenters. The molecule has 0 aliphatic carbocycles. The molecule has 1 fully saturated rings. The van der Waals surface area contributed by atoms with Gasteiger partial charge in [0.1, 0.15) is 30.1 Å². The minimum Gasteiger partial charge on any atom is -0.456 e. The number of aliphatic hydroxyl groups is 4. The maximum absolute atomic E-state index is 13.9. The van der Waals surface area contributed by atoms with Crippen LogP contribution in [0.5, 0.6) is 5.75 Å². The first-order valence-corrected chi connectivity index (χ1v) is 6.62. The Labute approximate surface area is 136 Å². The molecule has 0 saturated carbocycles. The molecular weight excluding hydrogens is 358 g/mol. The van der Waals surface area contributed by atoms with Gasteiger partial charge in [0.25, 0.3) is 0 Å². The Bertz CT molecular complexity index is 686. The van der Waals surface area contributed by atoms with E-state index in [0.717, 1.165) is 0 Å². The molecule has 25 heavy (non-hydrogen) atoms. The van der Waals surface area contributed by atoms with Crippen LogP contribution in [0.2, 0.25) is 0 Å². The lowest BCUT2D eigenvalue weighted by molar-refractivity contribution is -0.278. The topological polar surface area (TPSA) is 148 Å². The molecule has 0 unspecified atom stereocenters. The monoisotopic (exact) mass is 369 g/mol. The predicted octanol–water partition coefficient (Wildman–Crippen LogP) is 0.363. The molecule has 1 aromatic carbocycles. The third-order valence-corrected chi connectivity index (χ3v) is 3.43. The largest absolute Gasteiger partial charge is 0.456 e. The lowest BCUT2D eigenvalue weighted by Gasteiger charge is -2.39. The van der Waals surface area contributed by atoms with Crippen LogP contribution in [-0.4, -0.2) is 57.7 Å². The Morgan fingerprint density at radius 3 is 2.04 bits per heavy atom. The average Bonchev–Trinajstić information content (AvgIpc) is 2.60. The zero-order chi connectivity index (χ0) is 18.9. The van der Waals surface area contributed by atoms with Gasteiger partial charge in [0, 0.05) is 4.91 Å². The summed E-state index contributed by atoms with van der Waals surface area (Å²) in [5, 5.41) is 40.3. The van der Waals surface area contributed by atoms with Crippen LogP contribution < -0.4 is 4.74 Å². The zero-order valence-electron chi connectivity index (χ0n) is 12.1. The SMILES string of the molecule is [N-]=[N+]=Nc1c(F)c(F)c(O[C@H]2O[C@H](CO)[C@@H](O)[C@H](O)[C@@H]2O)c(F)c1F. The van der Waals surface area contributed by atoms with Crippen LogP contribution in [0.25, 0.3) is 10.4 Å². The van der Waals surface area contributed by atoms with Crippen molar-refractivity contribution in [3.63, 3.8) is 0 Å². The molecule has 1 aliphatic heterocycles. The highest BCUT2D eigenvalue weighted by Gasteiger charge is 2.45. The maximum atomic E-state index is 13.9. The molecule has 13 heteroatoms. The fraction of sp³-hybridized carbons (Fsp3) is 0.500. The second-order valence-electron chi connectivity index (χ2n) is 4.94. The first-order chi connectivity index (χ1) is 11.7. The van der Waals surface area contributed by atoms with Gasteiger partial charge in [0.05, 0.1) is 6.61 Å². The van der Waals surface area contributed by atoms with Gasteiger partial charge in [-0.2, -0.15) is 8.78 Å². The van der Waals surface area contributed by atoms with Gasteiger partial charge in [-0.25, -0.2) is 8.78 Å². The lowest BCUT2D eigenvalue weighted by atomic mass is 9.99. The summed E-state index contributed by atoms with van der Waals surface area (Å²) in [6.45, 7) is -0.867. The van der Waals surface area contributed by atoms with E-state index in [-0.39, 0.29) is 0 Å². The Balaban J connectivity index is 2.41. The third kappa shape index (κ3) is 3.33. The fourth-order valence-electron chi connectivity index (χ4n) is 2.12. The zero-order valence-corrected chi connectivity index (χ0v) is 12.1. The van der Waals surface area contributed by atoms with Crippen LogP contribution in [0.1, 0.15) is 0 Å². The number of benzene rings is 1. The normalized spacial score (nSPS) is 29.2. The van der Waals surface area contributed by atoms with E-state index in [2.05, 4.69) is 9.85 Å². The summed E-state index contributed by atoms with van der Waals surface area (Å²) in [6.07, 6.45) is -9.36. The number of aliphatic hydroxyl groups excluding tert-OH is 4.